The first kappa shape index (κ1) is 9.44. The van der Waals surface area contributed by atoms with Crippen LogP contribution in [0, 0.1) is 5.92 Å². The monoisotopic (exact) mass is 184 g/mol. The van der Waals surface area contributed by atoms with Crippen LogP contribution in [0.4, 0.5) is 0 Å². The normalized spacial score (nSPS) is 38.3. The Bertz CT molecular complexity index is 166. The first-order valence-corrected chi connectivity index (χ1v) is 5.40. The molecule has 0 spiro atoms. The highest BCUT2D eigenvalue weighted by atomic mass is 16.3. The van der Waals surface area contributed by atoms with Crippen LogP contribution in [0.1, 0.15) is 19.8 Å². The van der Waals surface area contributed by atoms with E-state index in [1.165, 1.54) is 25.9 Å². The van der Waals surface area contributed by atoms with Gasteiger partial charge in [0, 0.05) is 19.1 Å². The van der Waals surface area contributed by atoms with Crippen LogP contribution in [0.3, 0.4) is 0 Å². The van der Waals surface area contributed by atoms with Crippen molar-refractivity contribution in [3.63, 3.8) is 0 Å². The summed E-state index contributed by atoms with van der Waals surface area (Å²) in [4.78, 5) is 2.54. The van der Waals surface area contributed by atoms with Crippen molar-refractivity contribution >= 4 is 0 Å². The Kier molecular flexibility index (Phi) is 2.86. The molecule has 0 radical (unpaired) electrons. The van der Waals surface area contributed by atoms with Crippen molar-refractivity contribution in [3.05, 3.63) is 0 Å². The summed E-state index contributed by atoms with van der Waals surface area (Å²) < 4.78 is 0. The molecule has 3 heteroatoms. The van der Waals surface area contributed by atoms with Gasteiger partial charge in [-0.25, -0.2) is 0 Å². The summed E-state index contributed by atoms with van der Waals surface area (Å²) in [6, 6.07) is 0.740. The van der Waals surface area contributed by atoms with Crippen LogP contribution in [0.25, 0.3) is 0 Å². The maximum atomic E-state index is 9.47. The molecule has 0 aromatic heterocycles. The van der Waals surface area contributed by atoms with E-state index in [0.29, 0.717) is 5.92 Å². The van der Waals surface area contributed by atoms with Crippen molar-refractivity contribution in [2.75, 3.05) is 26.2 Å². The topological polar surface area (TPSA) is 35.5 Å². The van der Waals surface area contributed by atoms with E-state index in [1.54, 1.807) is 0 Å². The number of aliphatic hydroxyl groups is 1. The maximum absolute atomic E-state index is 9.47. The second-order valence-electron chi connectivity index (χ2n) is 4.43. The maximum Gasteiger partial charge on any atom is 0.0552 e. The van der Waals surface area contributed by atoms with Gasteiger partial charge in [0.2, 0.25) is 0 Å². The molecule has 2 aliphatic rings. The summed E-state index contributed by atoms with van der Waals surface area (Å²) in [5.74, 6) is 0.514. The highest BCUT2D eigenvalue weighted by Gasteiger charge is 2.31. The van der Waals surface area contributed by atoms with Crippen molar-refractivity contribution < 1.29 is 5.11 Å². The number of nitrogens with one attached hydrogen (secondary N) is 1. The molecule has 2 heterocycles. The number of likely N-dealkylation sites (tertiary alicyclic amines) is 1. The molecule has 13 heavy (non-hydrogen) atoms. The van der Waals surface area contributed by atoms with Gasteiger partial charge < -0.3 is 10.4 Å². The summed E-state index contributed by atoms with van der Waals surface area (Å²) in [6.45, 7) is 6.51. The Hall–Kier alpha value is -0.120. The van der Waals surface area contributed by atoms with E-state index in [4.69, 9.17) is 0 Å². The van der Waals surface area contributed by atoms with Gasteiger partial charge in [-0.2, -0.15) is 0 Å². The van der Waals surface area contributed by atoms with Gasteiger partial charge in [-0.1, -0.05) is 0 Å². The zero-order chi connectivity index (χ0) is 9.26. The standard InChI is InChI=1S/C10H20N2O/c1-8(13)9-3-5-12(7-9)10-2-4-11-6-10/h8-11,13H,2-7H2,1H3. The van der Waals surface area contributed by atoms with Gasteiger partial charge in [0.1, 0.15) is 0 Å². The fourth-order valence-corrected chi connectivity index (χ4v) is 2.49. The molecule has 2 N–H and O–H groups in total. The predicted molar refractivity (Wildman–Crippen MR) is 52.6 cm³/mol. The molecule has 0 bridgehead atoms. The number of nitrogens with zero attached hydrogens (tertiary/aromatic N) is 1. The summed E-state index contributed by atoms with van der Waals surface area (Å²) in [7, 11) is 0. The Morgan fingerprint density at radius 1 is 1.46 bits per heavy atom. The van der Waals surface area contributed by atoms with Crippen molar-refractivity contribution in [3.8, 4) is 0 Å². The van der Waals surface area contributed by atoms with Gasteiger partial charge >= 0.3 is 0 Å². The Labute approximate surface area is 80.1 Å². The minimum absolute atomic E-state index is 0.126. The molecule has 2 rings (SSSR count). The highest BCUT2D eigenvalue weighted by molar-refractivity contribution is 4.87. The zero-order valence-corrected chi connectivity index (χ0v) is 8.37. The van der Waals surface area contributed by atoms with Crippen LogP contribution in [0.15, 0.2) is 0 Å². The fourth-order valence-electron chi connectivity index (χ4n) is 2.49. The molecule has 0 saturated carbocycles. The lowest BCUT2D eigenvalue weighted by atomic mass is 10.0. The summed E-state index contributed by atoms with van der Waals surface area (Å²) >= 11 is 0. The lowest BCUT2D eigenvalue weighted by Crippen LogP contribution is -2.35. The molecule has 0 aliphatic carbocycles. The van der Waals surface area contributed by atoms with E-state index >= 15 is 0 Å². The molecule has 76 valence electrons. The minimum atomic E-state index is -0.126. The predicted octanol–water partition coefficient (Wildman–Crippen LogP) is 0.0510. The van der Waals surface area contributed by atoms with Crippen molar-refractivity contribution in [1.82, 2.24) is 10.2 Å². The molecular formula is C10H20N2O. The van der Waals surface area contributed by atoms with Crippen LogP contribution < -0.4 is 5.32 Å². The van der Waals surface area contributed by atoms with Gasteiger partial charge in [-0.05, 0) is 38.8 Å². The van der Waals surface area contributed by atoms with E-state index < -0.39 is 0 Å². The number of hydrogen-bond acceptors (Lipinski definition) is 3. The molecule has 3 nitrogen and oxygen atoms in total. The molecule has 0 amide bonds. The molecule has 2 aliphatic heterocycles. The average Bonchev–Trinajstić information content (AvgIpc) is 2.75. The first-order valence-electron chi connectivity index (χ1n) is 5.40. The SMILES string of the molecule is CC(O)C1CCN(C2CCNC2)C1. The van der Waals surface area contributed by atoms with Crippen molar-refractivity contribution in [2.24, 2.45) is 5.92 Å². The van der Waals surface area contributed by atoms with E-state index in [-0.39, 0.29) is 6.10 Å². The molecule has 2 fully saturated rings. The van der Waals surface area contributed by atoms with Crippen molar-refractivity contribution in [1.29, 1.82) is 0 Å². The van der Waals surface area contributed by atoms with Gasteiger partial charge in [-0.3, -0.25) is 4.90 Å². The molecule has 3 atom stereocenters. The van der Waals surface area contributed by atoms with Crippen LogP contribution in [0.5, 0.6) is 0 Å². The molecular weight excluding hydrogens is 164 g/mol. The summed E-state index contributed by atoms with van der Waals surface area (Å²) in [5, 5.41) is 12.9. The van der Waals surface area contributed by atoms with Crippen LogP contribution in [-0.2, 0) is 0 Å². The van der Waals surface area contributed by atoms with Crippen LogP contribution in [-0.4, -0.2) is 48.3 Å². The second kappa shape index (κ2) is 3.95. The third-order valence-electron chi connectivity index (χ3n) is 3.49. The largest absolute Gasteiger partial charge is 0.393 e. The fraction of sp³-hybridized carbons (Fsp3) is 1.00. The highest BCUT2D eigenvalue weighted by Crippen LogP contribution is 2.23. The van der Waals surface area contributed by atoms with E-state index in [0.717, 1.165) is 19.1 Å². The lowest BCUT2D eigenvalue weighted by Gasteiger charge is -2.23. The van der Waals surface area contributed by atoms with E-state index in [9.17, 15) is 5.11 Å². The summed E-state index contributed by atoms with van der Waals surface area (Å²) in [6.07, 6.45) is 2.33. The van der Waals surface area contributed by atoms with Crippen LogP contribution >= 0.6 is 0 Å². The lowest BCUT2D eigenvalue weighted by molar-refractivity contribution is 0.123. The van der Waals surface area contributed by atoms with E-state index in [1.807, 2.05) is 6.92 Å². The molecule has 0 aromatic rings. The van der Waals surface area contributed by atoms with E-state index in [2.05, 4.69) is 10.2 Å². The Morgan fingerprint density at radius 3 is 2.85 bits per heavy atom. The molecule has 0 aromatic carbocycles. The molecule has 3 unspecified atom stereocenters. The van der Waals surface area contributed by atoms with Gasteiger partial charge in [0.25, 0.3) is 0 Å². The third-order valence-corrected chi connectivity index (χ3v) is 3.49. The van der Waals surface area contributed by atoms with Gasteiger partial charge in [-0.15, -0.1) is 0 Å². The molecule has 2 saturated heterocycles. The Balaban J connectivity index is 1.83. The zero-order valence-electron chi connectivity index (χ0n) is 8.37. The van der Waals surface area contributed by atoms with Crippen molar-refractivity contribution in [2.45, 2.75) is 31.9 Å². The second-order valence-corrected chi connectivity index (χ2v) is 4.43. The van der Waals surface area contributed by atoms with Crippen LogP contribution in [0.2, 0.25) is 0 Å². The number of hydrogen-bond donors (Lipinski definition) is 2. The smallest absolute Gasteiger partial charge is 0.0552 e. The average molecular weight is 184 g/mol. The van der Waals surface area contributed by atoms with Gasteiger partial charge in [0.05, 0.1) is 6.10 Å². The number of aliphatic hydroxyl groups excluding tert-OH is 1. The van der Waals surface area contributed by atoms with Gasteiger partial charge in [0.15, 0.2) is 0 Å². The summed E-state index contributed by atoms with van der Waals surface area (Å²) in [5.41, 5.74) is 0. The quantitative estimate of drug-likeness (QED) is 0.636. The Morgan fingerprint density at radius 2 is 2.31 bits per heavy atom. The number of rotatable bonds is 2. The minimum Gasteiger partial charge on any atom is -0.393 e. The first-order chi connectivity index (χ1) is 6.27. The third kappa shape index (κ3) is 2.03.